The molecule has 0 radical (unpaired) electrons. The molecule has 0 spiro atoms. The summed E-state index contributed by atoms with van der Waals surface area (Å²) in [5.41, 5.74) is 2.21. The normalized spacial score (nSPS) is 11.1. The third kappa shape index (κ3) is 3.19. The zero-order valence-corrected chi connectivity index (χ0v) is 13.6. The summed E-state index contributed by atoms with van der Waals surface area (Å²) < 4.78 is 4.16. The summed E-state index contributed by atoms with van der Waals surface area (Å²) in [7, 11) is 1.97. The molecule has 0 aliphatic heterocycles. The monoisotopic (exact) mass is 377 g/mol. The fourth-order valence-electron chi connectivity index (χ4n) is 1.62. The molecule has 0 unspecified atom stereocenters. The van der Waals surface area contributed by atoms with Crippen molar-refractivity contribution in [1.29, 1.82) is 0 Å². The fourth-order valence-corrected chi connectivity index (χ4v) is 3.52. The highest BCUT2D eigenvalue weighted by molar-refractivity contribution is 9.10. The third-order valence-corrected chi connectivity index (χ3v) is 5.20. The van der Waals surface area contributed by atoms with Gasteiger partial charge >= 0.3 is 0 Å². The van der Waals surface area contributed by atoms with Crippen molar-refractivity contribution in [3.63, 3.8) is 0 Å². The second kappa shape index (κ2) is 5.65. The standard InChI is InChI=1S/C11H13Br2N3S/c1-7-11(13)10(16(2)15-7)5-14-4-9-3-8(12)6-17-9/h3,6,14H,4-5H2,1-2H3. The van der Waals surface area contributed by atoms with Crippen LogP contribution in [0.2, 0.25) is 0 Å². The van der Waals surface area contributed by atoms with E-state index < -0.39 is 0 Å². The Kier molecular flexibility index (Phi) is 4.41. The lowest BCUT2D eigenvalue weighted by molar-refractivity contribution is 0.626. The third-order valence-electron chi connectivity index (χ3n) is 2.48. The molecule has 92 valence electrons. The van der Waals surface area contributed by atoms with E-state index >= 15 is 0 Å². The van der Waals surface area contributed by atoms with Crippen LogP contribution in [0.3, 0.4) is 0 Å². The molecule has 0 atom stereocenters. The minimum atomic E-state index is 0.813. The molecule has 0 fully saturated rings. The first-order valence-electron chi connectivity index (χ1n) is 5.19. The lowest BCUT2D eigenvalue weighted by Crippen LogP contribution is -2.14. The van der Waals surface area contributed by atoms with Crippen LogP contribution in [0.15, 0.2) is 20.4 Å². The van der Waals surface area contributed by atoms with Crippen LogP contribution in [-0.4, -0.2) is 9.78 Å². The first-order valence-corrected chi connectivity index (χ1v) is 7.66. The summed E-state index contributed by atoms with van der Waals surface area (Å²) in [6, 6.07) is 2.14. The van der Waals surface area contributed by atoms with E-state index in [1.165, 1.54) is 10.6 Å². The van der Waals surface area contributed by atoms with Gasteiger partial charge in [0.1, 0.15) is 0 Å². The summed E-state index contributed by atoms with van der Waals surface area (Å²) in [5.74, 6) is 0. The SMILES string of the molecule is Cc1nn(C)c(CNCc2cc(Br)cs2)c1Br. The van der Waals surface area contributed by atoms with Crippen LogP contribution in [0, 0.1) is 6.92 Å². The molecule has 6 heteroatoms. The number of hydrogen-bond donors (Lipinski definition) is 1. The Labute approximate surface area is 121 Å². The Morgan fingerprint density at radius 3 is 2.71 bits per heavy atom. The number of hydrogen-bond acceptors (Lipinski definition) is 3. The first-order chi connectivity index (χ1) is 8.08. The molecule has 0 aromatic carbocycles. The van der Waals surface area contributed by atoms with Gasteiger partial charge in [0, 0.05) is 34.9 Å². The Morgan fingerprint density at radius 2 is 2.18 bits per heavy atom. The van der Waals surface area contributed by atoms with Gasteiger partial charge < -0.3 is 5.32 Å². The van der Waals surface area contributed by atoms with Gasteiger partial charge in [0.25, 0.3) is 0 Å². The second-order valence-corrected chi connectivity index (χ2v) is 6.51. The zero-order valence-electron chi connectivity index (χ0n) is 9.63. The molecule has 17 heavy (non-hydrogen) atoms. The van der Waals surface area contributed by atoms with Crippen molar-refractivity contribution in [3.05, 3.63) is 36.7 Å². The van der Waals surface area contributed by atoms with E-state index in [9.17, 15) is 0 Å². The van der Waals surface area contributed by atoms with E-state index in [0.717, 1.165) is 27.7 Å². The summed E-state index contributed by atoms with van der Waals surface area (Å²) in [6.07, 6.45) is 0. The Balaban J connectivity index is 1.94. The summed E-state index contributed by atoms with van der Waals surface area (Å²) >= 11 is 8.77. The molecule has 0 bridgehead atoms. The molecular formula is C11H13Br2N3S. The van der Waals surface area contributed by atoms with Crippen LogP contribution in [-0.2, 0) is 20.1 Å². The molecule has 0 aliphatic rings. The molecule has 3 nitrogen and oxygen atoms in total. The van der Waals surface area contributed by atoms with Crippen LogP contribution in [0.5, 0.6) is 0 Å². The Bertz CT molecular complexity index is 519. The van der Waals surface area contributed by atoms with Crippen molar-refractivity contribution in [2.24, 2.45) is 7.05 Å². The highest BCUT2D eigenvalue weighted by Crippen LogP contribution is 2.21. The van der Waals surface area contributed by atoms with Gasteiger partial charge in [-0.05, 0) is 44.8 Å². The van der Waals surface area contributed by atoms with Gasteiger partial charge in [-0.1, -0.05) is 0 Å². The molecule has 0 saturated carbocycles. The fraction of sp³-hybridized carbons (Fsp3) is 0.364. The lowest BCUT2D eigenvalue weighted by atomic mass is 10.3. The van der Waals surface area contributed by atoms with E-state index in [4.69, 9.17) is 0 Å². The van der Waals surface area contributed by atoms with Crippen molar-refractivity contribution in [2.45, 2.75) is 20.0 Å². The molecule has 0 aliphatic carbocycles. The minimum Gasteiger partial charge on any atom is -0.306 e. The van der Waals surface area contributed by atoms with Crippen molar-refractivity contribution in [1.82, 2.24) is 15.1 Å². The van der Waals surface area contributed by atoms with Crippen molar-refractivity contribution < 1.29 is 0 Å². The van der Waals surface area contributed by atoms with Crippen LogP contribution in [0.1, 0.15) is 16.3 Å². The average Bonchev–Trinajstić information content (AvgIpc) is 2.78. The molecule has 0 amide bonds. The molecule has 2 rings (SSSR count). The Morgan fingerprint density at radius 1 is 1.41 bits per heavy atom. The zero-order chi connectivity index (χ0) is 12.4. The number of rotatable bonds is 4. The van der Waals surface area contributed by atoms with E-state index in [1.54, 1.807) is 11.3 Å². The van der Waals surface area contributed by atoms with Crippen LogP contribution >= 0.6 is 43.2 Å². The highest BCUT2D eigenvalue weighted by Gasteiger charge is 2.09. The van der Waals surface area contributed by atoms with Gasteiger partial charge in [-0.25, -0.2) is 0 Å². The van der Waals surface area contributed by atoms with Gasteiger partial charge in [0.05, 0.1) is 15.9 Å². The largest absolute Gasteiger partial charge is 0.306 e. The second-order valence-electron chi connectivity index (χ2n) is 3.80. The van der Waals surface area contributed by atoms with Gasteiger partial charge in [0.15, 0.2) is 0 Å². The van der Waals surface area contributed by atoms with Crippen molar-refractivity contribution >= 4 is 43.2 Å². The van der Waals surface area contributed by atoms with Gasteiger partial charge in [0.2, 0.25) is 0 Å². The maximum absolute atomic E-state index is 4.37. The summed E-state index contributed by atoms with van der Waals surface area (Å²) in [6.45, 7) is 3.70. The maximum atomic E-state index is 4.37. The predicted octanol–water partition coefficient (Wildman–Crippen LogP) is 3.60. The first kappa shape index (κ1) is 13.3. The predicted molar refractivity (Wildman–Crippen MR) is 78.2 cm³/mol. The molecular weight excluding hydrogens is 366 g/mol. The van der Waals surface area contributed by atoms with E-state index in [0.29, 0.717) is 0 Å². The molecule has 2 aromatic rings. The minimum absolute atomic E-state index is 0.813. The van der Waals surface area contributed by atoms with Crippen molar-refractivity contribution in [2.75, 3.05) is 0 Å². The molecule has 2 heterocycles. The van der Waals surface area contributed by atoms with E-state index in [1.807, 2.05) is 18.7 Å². The number of nitrogens with zero attached hydrogens (tertiary/aromatic N) is 2. The molecule has 1 N–H and O–H groups in total. The van der Waals surface area contributed by atoms with Gasteiger partial charge in [-0.3, -0.25) is 4.68 Å². The van der Waals surface area contributed by atoms with Gasteiger partial charge in [-0.2, -0.15) is 5.10 Å². The number of thiophene rings is 1. The topological polar surface area (TPSA) is 29.9 Å². The Hall–Kier alpha value is -0.170. The van der Waals surface area contributed by atoms with Crippen LogP contribution < -0.4 is 5.32 Å². The number of halogens is 2. The molecule has 0 saturated heterocycles. The average molecular weight is 379 g/mol. The van der Waals surface area contributed by atoms with Crippen LogP contribution in [0.4, 0.5) is 0 Å². The highest BCUT2D eigenvalue weighted by atomic mass is 79.9. The lowest BCUT2D eigenvalue weighted by Gasteiger charge is -2.04. The summed E-state index contributed by atoms with van der Waals surface area (Å²) in [5, 5.41) is 9.89. The number of aromatic nitrogens is 2. The maximum Gasteiger partial charge on any atom is 0.0739 e. The summed E-state index contributed by atoms with van der Waals surface area (Å²) in [4.78, 5) is 1.33. The van der Waals surface area contributed by atoms with E-state index in [2.05, 4.69) is 53.7 Å². The number of aryl methyl sites for hydroxylation is 2. The molecule has 2 aromatic heterocycles. The number of nitrogens with one attached hydrogen (secondary N) is 1. The smallest absolute Gasteiger partial charge is 0.0739 e. The quantitative estimate of drug-likeness (QED) is 0.880. The van der Waals surface area contributed by atoms with Crippen molar-refractivity contribution in [3.8, 4) is 0 Å². The van der Waals surface area contributed by atoms with Crippen LogP contribution in [0.25, 0.3) is 0 Å². The van der Waals surface area contributed by atoms with Gasteiger partial charge in [-0.15, -0.1) is 11.3 Å². The van der Waals surface area contributed by atoms with E-state index in [-0.39, 0.29) is 0 Å².